The molecule has 59 heavy (non-hydrogen) atoms. The van der Waals surface area contributed by atoms with Crippen molar-refractivity contribution in [3.63, 3.8) is 0 Å². The zero-order valence-corrected chi connectivity index (χ0v) is 35.0. The highest BCUT2D eigenvalue weighted by molar-refractivity contribution is 7.93. The van der Waals surface area contributed by atoms with Crippen LogP contribution in [0.25, 0.3) is 0 Å². The van der Waals surface area contributed by atoms with E-state index in [4.69, 9.17) is 60.6 Å². The Bertz CT molecular complexity index is 2720. The van der Waals surface area contributed by atoms with Crippen molar-refractivity contribution in [2.24, 2.45) is 0 Å². The van der Waals surface area contributed by atoms with Gasteiger partial charge in [-0.3, -0.25) is 29.0 Å². The van der Waals surface area contributed by atoms with Crippen LogP contribution in [-0.4, -0.2) is 45.5 Å². The van der Waals surface area contributed by atoms with Crippen LogP contribution in [0.5, 0.6) is 28.7 Å². The Balaban J connectivity index is 0.000000256. The highest BCUT2D eigenvalue weighted by atomic mass is 35.5. The summed E-state index contributed by atoms with van der Waals surface area (Å²) >= 11 is 23.6. The fourth-order valence-electron chi connectivity index (χ4n) is 4.94. The van der Waals surface area contributed by atoms with Gasteiger partial charge in [0.25, 0.3) is 20.0 Å². The summed E-state index contributed by atoms with van der Waals surface area (Å²) in [5.41, 5.74) is 0.771. The Morgan fingerprint density at radius 2 is 1.03 bits per heavy atom. The van der Waals surface area contributed by atoms with E-state index in [0.717, 1.165) is 0 Å². The van der Waals surface area contributed by atoms with Gasteiger partial charge in [-0.1, -0.05) is 53.8 Å². The van der Waals surface area contributed by atoms with E-state index in [0.29, 0.717) is 32.3 Å². The third kappa shape index (κ3) is 12.5. The highest BCUT2D eigenvalue weighted by Crippen LogP contribution is 2.33. The third-order valence-corrected chi connectivity index (χ3v) is 11.5. The van der Waals surface area contributed by atoms with Gasteiger partial charge < -0.3 is 14.2 Å². The van der Waals surface area contributed by atoms with Crippen LogP contribution in [-0.2, 0) is 20.0 Å². The molecule has 0 aliphatic carbocycles. The third-order valence-electron chi connectivity index (χ3n) is 7.59. The molecule has 2 aromatic heterocycles. The first-order chi connectivity index (χ1) is 27.4. The van der Waals surface area contributed by atoms with E-state index in [1.54, 1.807) is 18.2 Å². The first-order valence-electron chi connectivity index (χ1n) is 16.5. The molecule has 0 aliphatic heterocycles. The van der Waals surface area contributed by atoms with Crippen molar-refractivity contribution in [2.45, 2.75) is 31.1 Å². The molecule has 19 heteroatoms. The highest BCUT2D eigenvalue weighted by Gasteiger charge is 2.21. The minimum Gasteiger partial charge on any atom is -0.497 e. The predicted molar refractivity (Wildman–Crippen MR) is 229 cm³/mol. The number of sulfonamides is 2. The number of halogens is 4. The van der Waals surface area contributed by atoms with Crippen molar-refractivity contribution in [2.75, 3.05) is 16.6 Å². The topological polar surface area (TPSA) is 180 Å². The van der Waals surface area contributed by atoms with Crippen molar-refractivity contribution in [3.8, 4) is 28.7 Å². The van der Waals surface area contributed by atoms with E-state index >= 15 is 0 Å². The number of benzene rings is 4. The average Bonchev–Trinajstić information content (AvgIpc) is 3.16. The summed E-state index contributed by atoms with van der Waals surface area (Å²) in [6, 6.07) is 21.8. The summed E-state index contributed by atoms with van der Waals surface area (Å²) in [6.45, 7) is 2.70. The SMILES string of the molecule is C.CC(=O)c1cc(NS(=O)(=O)c2ccc(Cl)cc2Cl)ccc1Oc1cncc(Cl)c1.COc1ccc(S(=O)(=O)Nc2ccc(Oc3cncc(Cl)c3)c(C(C)=O)c2)cc1. The standard InChI is InChI=1S/C20H17ClN2O5S.C19H13Cl3N2O4S.CH4/c1-13(24)19-10-15(3-8-20(19)28-17-9-14(21)11-22-12-17)23-29(25,26)18-6-4-16(27-2)5-7-18;1-11(25)16-8-14(3-4-18(16)28-15-6-13(21)9-23-10-15)24-29(26,27)19-5-2-12(20)7-17(19)22;/h3-12,23H,1-2H3;2-10,24H,1H3;1H4. The van der Waals surface area contributed by atoms with E-state index in [2.05, 4.69) is 19.4 Å². The van der Waals surface area contributed by atoms with Crippen LogP contribution < -0.4 is 23.7 Å². The molecule has 6 rings (SSSR count). The second kappa shape index (κ2) is 20.0. The molecule has 2 heterocycles. The number of nitrogens with one attached hydrogen (secondary N) is 2. The van der Waals surface area contributed by atoms with Gasteiger partial charge in [0.05, 0.1) is 50.6 Å². The maximum atomic E-state index is 12.7. The number of rotatable bonds is 13. The van der Waals surface area contributed by atoms with Gasteiger partial charge in [0, 0.05) is 40.9 Å². The Morgan fingerprint density at radius 3 is 1.46 bits per heavy atom. The molecule has 0 atom stereocenters. The van der Waals surface area contributed by atoms with E-state index in [9.17, 15) is 26.4 Å². The van der Waals surface area contributed by atoms with Crippen LogP contribution in [0.3, 0.4) is 0 Å². The Hall–Kier alpha value is -5.42. The van der Waals surface area contributed by atoms with E-state index in [1.165, 1.54) is 119 Å². The molecule has 6 aromatic rings. The monoisotopic (exact) mass is 918 g/mol. The number of carbonyl (C=O) groups excluding carboxylic acids is 2. The molecule has 0 amide bonds. The van der Waals surface area contributed by atoms with Gasteiger partial charge in [0.1, 0.15) is 33.6 Å². The minimum atomic E-state index is -4.00. The van der Waals surface area contributed by atoms with Crippen LogP contribution in [0.4, 0.5) is 11.4 Å². The number of hydrogen-bond donors (Lipinski definition) is 2. The Morgan fingerprint density at radius 1 is 0.559 bits per heavy atom. The van der Waals surface area contributed by atoms with Crippen molar-refractivity contribution in [1.29, 1.82) is 0 Å². The molecule has 13 nitrogen and oxygen atoms in total. The van der Waals surface area contributed by atoms with Gasteiger partial charge in [0.2, 0.25) is 0 Å². The van der Waals surface area contributed by atoms with Crippen LogP contribution in [0, 0.1) is 0 Å². The fraction of sp³-hybridized carbons (Fsp3) is 0.100. The quantitative estimate of drug-likeness (QED) is 0.105. The molecule has 0 aliphatic rings. The maximum absolute atomic E-state index is 12.7. The molecule has 0 unspecified atom stereocenters. The second-order valence-electron chi connectivity index (χ2n) is 11.9. The van der Waals surface area contributed by atoms with Crippen LogP contribution in [0.1, 0.15) is 42.0 Å². The van der Waals surface area contributed by atoms with Gasteiger partial charge in [-0.2, -0.15) is 0 Å². The van der Waals surface area contributed by atoms with Crippen molar-refractivity contribution < 1.29 is 40.6 Å². The molecule has 4 aromatic carbocycles. The summed E-state index contributed by atoms with van der Waals surface area (Å²) in [7, 11) is -6.35. The second-order valence-corrected chi connectivity index (χ2v) is 16.9. The first kappa shape index (κ1) is 46.3. The van der Waals surface area contributed by atoms with E-state index in [1.807, 2.05) is 0 Å². The molecule has 0 saturated heterocycles. The Labute approximate surface area is 361 Å². The number of aromatic nitrogens is 2. The summed E-state index contributed by atoms with van der Waals surface area (Å²) in [5.74, 6) is 1.11. The number of pyridine rings is 2. The Kier molecular flexibility index (Phi) is 15.7. The zero-order valence-electron chi connectivity index (χ0n) is 30.4. The van der Waals surface area contributed by atoms with Gasteiger partial charge in [-0.25, -0.2) is 16.8 Å². The molecular formula is C40H34Cl4N4O9S2. The maximum Gasteiger partial charge on any atom is 0.263 e. The first-order valence-corrected chi connectivity index (χ1v) is 20.9. The molecule has 308 valence electrons. The number of methoxy groups -OCH3 is 1. The van der Waals surface area contributed by atoms with Crippen molar-refractivity contribution in [1.82, 2.24) is 9.97 Å². The van der Waals surface area contributed by atoms with Gasteiger partial charge in [-0.05, 0) is 92.7 Å². The lowest BCUT2D eigenvalue weighted by Crippen LogP contribution is -2.14. The lowest BCUT2D eigenvalue weighted by Gasteiger charge is -2.13. The average molecular weight is 921 g/mol. The fourth-order valence-corrected chi connectivity index (χ4v) is 8.14. The lowest BCUT2D eigenvalue weighted by molar-refractivity contribution is 0.100. The number of carbonyl (C=O) groups is 2. The molecule has 0 fully saturated rings. The molecular weight excluding hydrogens is 886 g/mol. The van der Waals surface area contributed by atoms with Gasteiger partial charge in [0.15, 0.2) is 11.6 Å². The normalized spacial score (nSPS) is 10.9. The molecule has 0 spiro atoms. The number of anilines is 2. The zero-order chi connectivity index (χ0) is 42.2. The minimum absolute atomic E-state index is 0. The largest absolute Gasteiger partial charge is 0.497 e. The smallest absolute Gasteiger partial charge is 0.263 e. The molecule has 0 saturated carbocycles. The number of ketones is 2. The number of hydrogen-bond acceptors (Lipinski definition) is 11. The number of ether oxygens (including phenoxy) is 3. The number of Topliss-reactive ketones (excluding diaryl/α,β-unsaturated/α-hetero) is 2. The summed E-state index contributed by atoms with van der Waals surface area (Å²) in [6.07, 6.45) is 5.79. The summed E-state index contributed by atoms with van der Waals surface area (Å²) in [4.78, 5) is 31.9. The van der Waals surface area contributed by atoms with E-state index < -0.39 is 20.0 Å². The van der Waals surface area contributed by atoms with Crippen molar-refractivity contribution >= 4 is 89.4 Å². The van der Waals surface area contributed by atoms with Crippen molar-refractivity contribution in [3.05, 3.63) is 147 Å². The predicted octanol–water partition coefficient (Wildman–Crippen LogP) is 11.0. The van der Waals surface area contributed by atoms with E-state index in [-0.39, 0.29) is 67.8 Å². The van der Waals surface area contributed by atoms with Crippen LogP contribution in [0.15, 0.2) is 126 Å². The van der Waals surface area contributed by atoms with Gasteiger partial charge >= 0.3 is 0 Å². The molecule has 2 N–H and O–H groups in total. The lowest BCUT2D eigenvalue weighted by atomic mass is 10.1. The molecule has 0 bridgehead atoms. The summed E-state index contributed by atoms with van der Waals surface area (Å²) in [5, 5.41) is 1.04. The van der Waals surface area contributed by atoms with Crippen LogP contribution >= 0.6 is 46.4 Å². The van der Waals surface area contributed by atoms with Gasteiger partial charge in [-0.15, -0.1) is 0 Å². The van der Waals surface area contributed by atoms with Crippen LogP contribution in [0.2, 0.25) is 20.1 Å². The summed E-state index contributed by atoms with van der Waals surface area (Å²) < 4.78 is 71.8. The number of nitrogens with zero attached hydrogens (tertiary/aromatic N) is 2. The molecule has 0 radical (unpaired) electrons.